The third-order valence-electron chi connectivity index (χ3n) is 1.91. The lowest BCUT2D eigenvalue weighted by Crippen LogP contribution is -2.03. The second-order valence-electron chi connectivity index (χ2n) is 2.97. The summed E-state index contributed by atoms with van der Waals surface area (Å²) in [4.78, 5) is 10.6. The molecule has 0 radical (unpaired) electrons. The summed E-state index contributed by atoms with van der Waals surface area (Å²) in [6.07, 6.45) is 0.705. The maximum absolute atomic E-state index is 11.9. The lowest BCUT2D eigenvalue weighted by atomic mass is 10.0. The Hall–Kier alpha value is -1.45. The Morgan fingerprint density at radius 2 is 1.79 bits per heavy atom. The Balaban J connectivity index is 3.07. The number of alkyl halides is 2. The third kappa shape index (κ3) is 2.28. The number of hydrogen-bond acceptors (Lipinski definition) is 2. The number of hydrogen-bond donors (Lipinski definition) is 0. The summed E-state index contributed by atoms with van der Waals surface area (Å²) in [5.74, 6) is 0.0839. The van der Waals surface area contributed by atoms with E-state index in [1.54, 1.807) is 13.8 Å². The van der Waals surface area contributed by atoms with Gasteiger partial charge in [0.15, 0.2) is 6.29 Å². The second-order valence-corrected chi connectivity index (χ2v) is 2.97. The summed E-state index contributed by atoms with van der Waals surface area (Å²) < 4.78 is 28.0. The van der Waals surface area contributed by atoms with Gasteiger partial charge in [-0.25, -0.2) is 0 Å². The van der Waals surface area contributed by atoms with Crippen LogP contribution in [0.4, 0.5) is 8.78 Å². The molecule has 0 saturated heterocycles. The average molecular weight is 200 g/mol. The fraction of sp³-hybridized carbons (Fsp3) is 0.300. The zero-order chi connectivity index (χ0) is 10.7. The Kier molecular flexibility index (Phi) is 3.17. The topological polar surface area (TPSA) is 26.3 Å². The number of halogens is 2. The summed E-state index contributed by atoms with van der Waals surface area (Å²) in [6, 6.07) is 2.84. The van der Waals surface area contributed by atoms with E-state index in [2.05, 4.69) is 4.74 Å². The van der Waals surface area contributed by atoms with Gasteiger partial charge in [0.25, 0.3) is 0 Å². The van der Waals surface area contributed by atoms with Gasteiger partial charge in [-0.05, 0) is 37.1 Å². The standard InChI is InChI=1S/C10H10F2O2/c1-6-3-8(14-10(11)12)4-7(2)9(6)5-13/h3-5,10H,1-2H3. The van der Waals surface area contributed by atoms with E-state index >= 15 is 0 Å². The van der Waals surface area contributed by atoms with Crippen LogP contribution < -0.4 is 4.74 Å². The molecule has 14 heavy (non-hydrogen) atoms. The molecule has 0 bridgehead atoms. The number of rotatable bonds is 3. The average Bonchev–Trinajstić information content (AvgIpc) is 2.01. The molecule has 0 heterocycles. The Bertz CT molecular complexity index is 325. The highest BCUT2D eigenvalue weighted by atomic mass is 19.3. The second kappa shape index (κ2) is 4.17. The van der Waals surface area contributed by atoms with E-state index in [1.165, 1.54) is 12.1 Å². The number of ether oxygens (including phenoxy) is 1. The van der Waals surface area contributed by atoms with Gasteiger partial charge in [-0.1, -0.05) is 0 Å². The summed E-state index contributed by atoms with van der Waals surface area (Å²) in [6.45, 7) is 0.514. The maximum Gasteiger partial charge on any atom is 0.387 e. The molecular formula is C10H10F2O2. The van der Waals surface area contributed by atoms with Crippen LogP contribution in [0.5, 0.6) is 5.75 Å². The van der Waals surface area contributed by atoms with Crippen LogP contribution in [0.15, 0.2) is 12.1 Å². The molecule has 0 aliphatic heterocycles. The smallest absolute Gasteiger partial charge is 0.387 e. The van der Waals surface area contributed by atoms with Crippen LogP contribution in [0.3, 0.4) is 0 Å². The lowest BCUT2D eigenvalue weighted by Gasteiger charge is -2.08. The quantitative estimate of drug-likeness (QED) is 0.701. The van der Waals surface area contributed by atoms with Gasteiger partial charge >= 0.3 is 6.61 Å². The monoisotopic (exact) mass is 200 g/mol. The first-order valence-electron chi connectivity index (χ1n) is 4.06. The number of aldehydes is 1. The van der Waals surface area contributed by atoms with Gasteiger partial charge in [-0.2, -0.15) is 8.78 Å². The van der Waals surface area contributed by atoms with Crippen molar-refractivity contribution in [2.24, 2.45) is 0 Å². The van der Waals surface area contributed by atoms with Crippen molar-refractivity contribution in [3.05, 3.63) is 28.8 Å². The molecule has 0 fully saturated rings. The van der Waals surface area contributed by atoms with Crippen molar-refractivity contribution in [2.45, 2.75) is 20.5 Å². The highest BCUT2D eigenvalue weighted by molar-refractivity contribution is 5.80. The van der Waals surface area contributed by atoms with Crippen molar-refractivity contribution in [3.63, 3.8) is 0 Å². The zero-order valence-corrected chi connectivity index (χ0v) is 7.88. The van der Waals surface area contributed by atoms with Crippen LogP contribution in [0, 0.1) is 13.8 Å². The third-order valence-corrected chi connectivity index (χ3v) is 1.91. The fourth-order valence-corrected chi connectivity index (χ4v) is 1.29. The molecule has 0 N–H and O–H groups in total. The first-order chi connectivity index (χ1) is 6.54. The molecule has 1 aromatic carbocycles. The van der Waals surface area contributed by atoms with Crippen LogP contribution in [0.1, 0.15) is 21.5 Å². The molecule has 0 aliphatic carbocycles. The molecule has 0 aromatic heterocycles. The van der Waals surface area contributed by atoms with E-state index in [1.807, 2.05) is 0 Å². The molecule has 0 saturated carbocycles. The molecule has 1 rings (SSSR count). The summed E-state index contributed by atoms with van der Waals surface area (Å²) in [5, 5.41) is 0. The van der Waals surface area contributed by atoms with Gasteiger partial charge < -0.3 is 4.74 Å². The first kappa shape index (κ1) is 10.6. The van der Waals surface area contributed by atoms with Gasteiger partial charge in [0.05, 0.1) is 0 Å². The fourth-order valence-electron chi connectivity index (χ4n) is 1.29. The predicted octanol–water partition coefficient (Wildman–Crippen LogP) is 2.72. The Morgan fingerprint density at radius 1 is 1.29 bits per heavy atom. The highest BCUT2D eigenvalue weighted by Crippen LogP contribution is 2.21. The molecule has 76 valence electrons. The molecule has 0 amide bonds. The normalized spacial score (nSPS) is 10.4. The maximum atomic E-state index is 11.9. The summed E-state index contributed by atoms with van der Waals surface area (Å²) in [5.41, 5.74) is 1.79. The van der Waals surface area contributed by atoms with Gasteiger partial charge in [0.2, 0.25) is 0 Å². The van der Waals surface area contributed by atoms with Crippen molar-refractivity contribution in [1.29, 1.82) is 0 Å². The Labute approximate surface area is 80.5 Å². The lowest BCUT2D eigenvalue weighted by molar-refractivity contribution is -0.0498. The molecule has 0 spiro atoms. The number of carbonyl (C=O) groups excluding carboxylic acids is 1. The number of benzene rings is 1. The molecule has 0 aliphatic rings. The van der Waals surface area contributed by atoms with Crippen LogP contribution in [-0.4, -0.2) is 12.9 Å². The van der Waals surface area contributed by atoms with Gasteiger partial charge in [0.1, 0.15) is 5.75 Å². The van der Waals surface area contributed by atoms with Crippen LogP contribution in [-0.2, 0) is 0 Å². The van der Waals surface area contributed by atoms with E-state index in [0.717, 1.165) is 0 Å². The van der Waals surface area contributed by atoms with E-state index in [-0.39, 0.29) is 5.75 Å². The predicted molar refractivity (Wildman–Crippen MR) is 47.9 cm³/mol. The van der Waals surface area contributed by atoms with Gasteiger partial charge in [-0.3, -0.25) is 4.79 Å². The van der Waals surface area contributed by atoms with Crippen molar-refractivity contribution in [1.82, 2.24) is 0 Å². The van der Waals surface area contributed by atoms with Crippen molar-refractivity contribution < 1.29 is 18.3 Å². The zero-order valence-electron chi connectivity index (χ0n) is 7.88. The molecule has 4 heteroatoms. The van der Waals surface area contributed by atoms with Crippen molar-refractivity contribution in [2.75, 3.05) is 0 Å². The molecule has 0 unspecified atom stereocenters. The first-order valence-corrected chi connectivity index (χ1v) is 4.06. The Morgan fingerprint density at radius 3 is 2.14 bits per heavy atom. The van der Waals surface area contributed by atoms with Crippen LogP contribution in [0.25, 0.3) is 0 Å². The van der Waals surface area contributed by atoms with E-state index < -0.39 is 6.61 Å². The molecule has 2 nitrogen and oxygen atoms in total. The van der Waals surface area contributed by atoms with Gasteiger partial charge in [0, 0.05) is 5.56 Å². The van der Waals surface area contributed by atoms with Crippen molar-refractivity contribution in [3.8, 4) is 5.75 Å². The number of aryl methyl sites for hydroxylation is 2. The minimum absolute atomic E-state index is 0.0839. The van der Waals surface area contributed by atoms with E-state index in [9.17, 15) is 13.6 Å². The molecule has 0 atom stereocenters. The molecule has 1 aromatic rings. The van der Waals surface area contributed by atoms with E-state index in [0.29, 0.717) is 23.0 Å². The minimum Gasteiger partial charge on any atom is -0.435 e. The summed E-state index contributed by atoms with van der Waals surface area (Å²) >= 11 is 0. The minimum atomic E-state index is -2.84. The van der Waals surface area contributed by atoms with Crippen LogP contribution >= 0.6 is 0 Å². The molecular weight excluding hydrogens is 190 g/mol. The summed E-state index contributed by atoms with van der Waals surface area (Å²) in [7, 11) is 0. The van der Waals surface area contributed by atoms with Crippen LogP contribution in [0.2, 0.25) is 0 Å². The van der Waals surface area contributed by atoms with Gasteiger partial charge in [-0.15, -0.1) is 0 Å². The highest BCUT2D eigenvalue weighted by Gasteiger charge is 2.08. The SMILES string of the molecule is Cc1cc(OC(F)F)cc(C)c1C=O. The van der Waals surface area contributed by atoms with E-state index in [4.69, 9.17) is 0 Å². The largest absolute Gasteiger partial charge is 0.435 e. The number of carbonyl (C=O) groups is 1. The van der Waals surface area contributed by atoms with Crippen molar-refractivity contribution >= 4 is 6.29 Å².